The number of carbonyl (C=O) groups is 1. The number of anilines is 1. The maximum atomic E-state index is 11.8. The molecule has 120 valence electrons. The molecule has 0 saturated heterocycles. The second-order valence-corrected chi connectivity index (χ2v) is 6.27. The van der Waals surface area contributed by atoms with Crippen LogP contribution >= 0.6 is 0 Å². The molecule has 1 fully saturated rings. The molecule has 1 N–H and O–H groups in total. The number of likely N-dealkylation sites (N-methyl/N-ethyl adjacent to an activating group) is 1. The van der Waals surface area contributed by atoms with Crippen molar-refractivity contribution in [2.45, 2.75) is 25.2 Å². The lowest BCUT2D eigenvalue weighted by Gasteiger charge is -2.25. The first kappa shape index (κ1) is 15.5. The first-order valence-corrected chi connectivity index (χ1v) is 8.15. The Bertz CT molecular complexity index is 663. The van der Waals surface area contributed by atoms with Crippen molar-refractivity contribution in [2.75, 3.05) is 25.0 Å². The smallest absolute Gasteiger partial charge is 0.252 e. The van der Waals surface area contributed by atoms with Gasteiger partial charge in [-0.1, -0.05) is 30.3 Å². The van der Waals surface area contributed by atoms with Crippen molar-refractivity contribution < 1.29 is 4.79 Å². The van der Waals surface area contributed by atoms with Gasteiger partial charge in [-0.2, -0.15) is 0 Å². The molecule has 3 rings (SSSR count). The van der Waals surface area contributed by atoms with Crippen LogP contribution in [0.25, 0.3) is 0 Å². The summed E-state index contributed by atoms with van der Waals surface area (Å²) in [6.07, 6.45) is 4.09. The number of hydrogen-bond donors (Lipinski definition) is 1. The molecule has 1 amide bonds. The van der Waals surface area contributed by atoms with Crippen molar-refractivity contribution in [2.24, 2.45) is 0 Å². The van der Waals surface area contributed by atoms with Gasteiger partial charge in [0, 0.05) is 31.7 Å². The summed E-state index contributed by atoms with van der Waals surface area (Å²) < 4.78 is 0. The number of nitrogens with zero attached hydrogens (tertiary/aromatic N) is 2. The molecule has 0 aliphatic heterocycles. The van der Waals surface area contributed by atoms with Gasteiger partial charge in [-0.15, -0.1) is 0 Å². The first-order valence-electron chi connectivity index (χ1n) is 8.15. The largest absolute Gasteiger partial charge is 0.359 e. The van der Waals surface area contributed by atoms with E-state index in [1.807, 2.05) is 19.1 Å². The predicted octanol–water partition coefficient (Wildman–Crippen LogP) is 3.00. The lowest BCUT2D eigenvalue weighted by atomic mass is 9.95. The molecule has 23 heavy (non-hydrogen) atoms. The van der Waals surface area contributed by atoms with Crippen molar-refractivity contribution in [1.29, 1.82) is 0 Å². The van der Waals surface area contributed by atoms with Crippen molar-refractivity contribution in [3.63, 3.8) is 0 Å². The molecule has 4 nitrogen and oxygen atoms in total. The molecule has 1 saturated carbocycles. The number of nitrogens with one attached hydrogen (secondary N) is 1. The van der Waals surface area contributed by atoms with Gasteiger partial charge in [-0.25, -0.2) is 4.98 Å². The monoisotopic (exact) mass is 309 g/mol. The van der Waals surface area contributed by atoms with Gasteiger partial charge in [0.05, 0.1) is 5.56 Å². The number of carbonyl (C=O) groups excluding carboxylic acids is 1. The van der Waals surface area contributed by atoms with Crippen LogP contribution in [0.1, 0.15) is 35.7 Å². The quantitative estimate of drug-likeness (QED) is 0.892. The van der Waals surface area contributed by atoms with Crippen molar-refractivity contribution in [1.82, 2.24) is 10.3 Å². The van der Waals surface area contributed by atoms with Gasteiger partial charge in [-0.3, -0.25) is 4.79 Å². The summed E-state index contributed by atoms with van der Waals surface area (Å²) in [6.45, 7) is 3.48. The van der Waals surface area contributed by atoms with Gasteiger partial charge in [-0.05, 0) is 37.5 Å². The summed E-state index contributed by atoms with van der Waals surface area (Å²) in [6, 6.07) is 14.5. The van der Waals surface area contributed by atoms with E-state index in [0.29, 0.717) is 12.1 Å². The van der Waals surface area contributed by atoms with E-state index >= 15 is 0 Å². The van der Waals surface area contributed by atoms with E-state index in [9.17, 15) is 4.79 Å². The van der Waals surface area contributed by atoms with Crippen LogP contribution in [0, 0.1) is 0 Å². The fourth-order valence-corrected chi connectivity index (χ4v) is 3.02. The molecule has 0 bridgehead atoms. The Morgan fingerprint density at radius 3 is 2.52 bits per heavy atom. The van der Waals surface area contributed by atoms with Crippen LogP contribution in [0.2, 0.25) is 0 Å². The highest BCUT2D eigenvalue weighted by molar-refractivity contribution is 5.93. The van der Waals surface area contributed by atoms with Crippen LogP contribution in [-0.4, -0.2) is 31.0 Å². The molecule has 1 heterocycles. The number of aromatic nitrogens is 1. The highest BCUT2D eigenvalue weighted by Crippen LogP contribution is 2.48. The Hall–Kier alpha value is -2.36. The van der Waals surface area contributed by atoms with Crippen molar-refractivity contribution in [3.8, 4) is 0 Å². The van der Waals surface area contributed by atoms with E-state index in [2.05, 4.69) is 52.6 Å². The molecule has 1 aliphatic rings. The SMILES string of the molecule is CCNC(=O)c1ccc(N(C)CC2(c3ccccc3)CC2)nc1. The van der Waals surface area contributed by atoms with E-state index < -0.39 is 0 Å². The lowest BCUT2D eigenvalue weighted by Crippen LogP contribution is -2.30. The highest BCUT2D eigenvalue weighted by atomic mass is 16.1. The molecule has 0 spiro atoms. The standard InChI is InChI=1S/C19H23N3O/c1-3-20-18(23)15-9-10-17(21-13-15)22(2)14-19(11-12-19)16-7-5-4-6-8-16/h4-10,13H,3,11-12,14H2,1-2H3,(H,20,23). The molecular formula is C19H23N3O. The van der Waals surface area contributed by atoms with Gasteiger partial charge in [0.15, 0.2) is 0 Å². The zero-order chi connectivity index (χ0) is 16.3. The Labute approximate surface area is 137 Å². The first-order chi connectivity index (χ1) is 11.1. The number of pyridine rings is 1. The minimum atomic E-state index is -0.0721. The predicted molar refractivity (Wildman–Crippen MR) is 92.9 cm³/mol. The molecule has 0 unspecified atom stereocenters. The van der Waals surface area contributed by atoms with Gasteiger partial charge in [0.2, 0.25) is 0 Å². The summed E-state index contributed by atoms with van der Waals surface area (Å²) >= 11 is 0. The van der Waals surface area contributed by atoms with E-state index in [1.54, 1.807) is 6.20 Å². The fourth-order valence-electron chi connectivity index (χ4n) is 3.02. The summed E-state index contributed by atoms with van der Waals surface area (Å²) in [7, 11) is 2.07. The summed E-state index contributed by atoms with van der Waals surface area (Å²) in [5.41, 5.74) is 2.27. The third kappa shape index (κ3) is 3.36. The van der Waals surface area contributed by atoms with Crippen LogP contribution < -0.4 is 10.2 Å². The van der Waals surface area contributed by atoms with Gasteiger partial charge in [0.25, 0.3) is 5.91 Å². The molecule has 0 radical (unpaired) electrons. The average molecular weight is 309 g/mol. The Balaban J connectivity index is 1.69. The van der Waals surface area contributed by atoms with Crippen LogP contribution in [0.4, 0.5) is 5.82 Å². The summed E-state index contributed by atoms with van der Waals surface area (Å²) in [5.74, 6) is 0.831. The minimum absolute atomic E-state index is 0.0721. The Morgan fingerprint density at radius 2 is 1.96 bits per heavy atom. The third-order valence-corrected chi connectivity index (χ3v) is 4.52. The van der Waals surface area contributed by atoms with E-state index in [1.165, 1.54) is 18.4 Å². The summed E-state index contributed by atoms with van der Waals surface area (Å²) in [5, 5.41) is 2.79. The zero-order valence-corrected chi connectivity index (χ0v) is 13.7. The van der Waals surface area contributed by atoms with Crippen LogP contribution in [0.15, 0.2) is 48.7 Å². The normalized spacial score (nSPS) is 15.0. The number of benzene rings is 1. The minimum Gasteiger partial charge on any atom is -0.359 e. The summed E-state index contributed by atoms with van der Waals surface area (Å²) in [4.78, 5) is 18.4. The lowest BCUT2D eigenvalue weighted by molar-refractivity contribution is 0.0955. The maximum Gasteiger partial charge on any atom is 0.252 e. The molecule has 1 aromatic carbocycles. The second kappa shape index (κ2) is 6.41. The Morgan fingerprint density at radius 1 is 1.22 bits per heavy atom. The molecular weight excluding hydrogens is 286 g/mol. The van der Waals surface area contributed by atoms with E-state index in [0.717, 1.165) is 12.4 Å². The van der Waals surface area contributed by atoms with E-state index in [-0.39, 0.29) is 11.3 Å². The second-order valence-electron chi connectivity index (χ2n) is 6.27. The number of amides is 1. The van der Waals surface area contributed by atoms with Crippen molar-refractivity contribution in [3.05, 3.63) is 59.8 Å². The van der Waals surface area contributed by atoms with Crippen LogP contribution in [0.3, 0.4) is 0 Å². The molecule has 0 atom stereocenters. The maximum absolute atomic E-state index is 11.8. The van der Waals surface area contributed by atoms with Gasteiger partial charge < -0.3 is 10.2 Å². The number of rotatable bonds is 6. The fraction of sp³-hybridized carbons (Fsp3) is 0.368. The van der Waals surface area contributed by atoms with Crippen LogP contribution in [-0.2, 0) is 5.41 Å². The molecule has 2 aromatic rings. The molecule has 4 heteroatoms. The van der Waals surface area contributed by atoms with Crippen LogP contribution in [0.5, 0.6) is 0 Å². The molecule has 1 aliphatic carbocycles. The van der Waals surface area contributed by atoms with Crippen molar-refractivity contribution >= 4 is 11.7 Å². The van der Waals surface area contributed by atoms with Gasteiger partial charge >= 0.3 is 0 Å². The average Bonchev–Trinajstić information content (AvgIpc) is 3.37. The zero-order valence-electron chi connectivity index (χ0n) is 13.7. The third-order valence-electron chi connectivity index (χ3n) is 4.52. The van der Waals surface area contributed by atoms with E-state index in [4.69, 9.17) is 0 Å². The topological polar surface area (TPSA) is 45.2 Å². The number of hydrogen-bond acceptors (Lipinski definition) is 3. The Kier molecular flexibility index (Phi) is 4.33. The molecule has 1 aromatic heterocycles. The highest BCUT2D eigenvalue weighted by Gasteiger charge is 2.45. The van der Waals surface area contributed by atoms with Gasteiger partial charge in [0.1, 0.15) is 5.82 Å².